The molecule has 0 aliphatic carbocycles. The summed E-state index contributed by atoms with van der Waals surface area (Å²) in [6.07, 6.45) is 3.24. The molecule has 3 atom stereocenters. The summed E-state index contributed by atoms with van der Waals surface area (Å²) in [7, 11) is 0. The Morgan fingerprint density at radius 1 is 1.31 bits per heavy atom. The first kappa shape index (κ1) is 22.6. The van der Waals surface area contributed by atoms with Gasteiger partial charge in [0.1, 0.15) is 18.1 Å². The van der Waals surface area contributed by atoms with E-state index in [0.29, 0.717) is 31.6 Å². The van der Waals surface area contributed by atoms with E-state index in [2.05, 4.69) is 23.3 Å². The number of nitrogens with two attached hydrogens (primary N) is 1. The number of carboxylic acids is 1. The molecule has 1 aliphatic heterocycles. The number of hydrogen-bond donors (Lipinski definition) is 5. The Kier molecular flexibility index (Phi) is 9.81. The van der Waals surface area contributed by atoms with Crippen molar-refractivity contribution in [2.45, 2.75) is 37.4 Å². The summed E-state index contributed by atoms with van der Waals surface area (Å²) in [5, 5.41) is 14.3. The topological polar surface area (TPSA) is 142 Å². The van der Waals surface area contributed by atoms with Crippen LogP contribution in [0.15, 0.2) is 0 Å². The Morgan fingerprint density at radius 3 is 2.54 bits per heavy atom. The Bertz CT molecular complexity index is 534. The second-order valence-corrected chi connectivity index (χ2v) is 7.23. The van der Waals surface area contributed by atoms with Crippen LogP contribution in [0.3, 0.4) is 0 Å². The highest BCUT2D eigenvalue weighted by Crippen LogP contribution is 2.19. The van der Waals surface area contributed by atoms with Crippen molar-refractivity contribution >= 4 is 48.1 Å². The van der Waals surface area contributed by atoms with Gasteiger partial charge in [0.15, 0.2) is 0 Å². The first-order valence-corrected chi connectivity index (χ1v) is 10.3. The standard InChI is InChI=1S/C15H26N4O5S2/c1-26-6-4-9(14(22)19-5-2-3-11(19)15(23)24)18-13(21)10(8-25)17-12(20)7-16/h9-11,25H,2-8,16H2,1H3,(H,17,20)(H,18,21)(H,23,24). The van der Waals surface area contributed by atoms with Gasteiger partial charge < -0.3 is 26.4 Å². The van der Waals surface area contributed by atoms with Crippen molar-refractivity contribution in [2.24, 2.45) is 5.73 Å². The minimum atomic E-state index is -1.05. The van der Waals surface area contributed by atoms with Crippen LogP contribution in [-0.4, -0.2) is 82.7 Å². The summed E-state index contributed by atoms with van der Waals surface area (Å²) in [6.45, 7) is 0.0851. The van der Waals surface area contributed by atoms with Gasteiger partial charge >= 0.3 is 5.97 Å². The predicted molar refractivity (Wildman–Crippen MR) is 102 cm³/mol. The molecule has 3 unspecified atom stereocenters. The van der Waals surface area contributed by atoms with E-state index in [9.17, 15) is 24.3 Å². The maximum atomic E-state index is 12.8. The Morgan fingerprint density at radius 2 is 2.00 bits per heavy atom. The minimum Gasteiger partial charge on any atom is -0.480 e. The number of thiol groups is 1. The molecule has 0 bridgehead atoms. The van der Waals surface area contributed by atoms with E-state index >= 15 is 0 Å². The molecule has 1 rings (SSSR count). The predicted octanol–water partition coefficient (Wildman–Crippen LogP) is -1.33. The molecule has 1 aliphatic rings. The maximum absolute atomic E-state index is 12.8. The van der Waals surface area contributed by atoms with Crippen LogP contribution in [0.2, 0.25) is 0 Å². The lowest BCUT2D eigenvalue weighted by Crippen LogP contribution is -2.56. The van der Waals surface area contributed by atoms with Crippen molar-refractivity contribution < 1.29 is 24.3 Å². The van der Waals surface area contributed by atoms with Crippen LogP contribution >= 0.6 is 24.4 Å². The van der Waals surface area contributed by atoms with Gasteiger partial charge in [0.2, 0.25) is 17.7 Å². The Balaban J connectivity index is 2.84. The lowest BCUT2D eigenvalue weighted by Gasteiger charge is -2.28. The monoisotopic (exact) mass is 406 g/mol. The van der Waals surface area contributed by atoms with E-state index in [1.807, 2.05) is 6.26 Å². The smallest absolute Gasteiger partial charge is 0.326 e. The fourth-order valence-corrected chi connectivity index (χ4v) is 3.43. The molecule has 3 amide bonds. The molecule has 26 heavy (non-hydrogen) atoms. The van der Waals surface area contributed by atoms with Gasteiger partial charge in [-0.05, 0) is 31.3 Å². The molecule has 9 nitrogen and oxygen atoms in total. The summed E-state index contributed by atoms with van der Waals surface area (Å²) >= 11 is 5.56. The lowest BCUT2D eigenvalue weighted by molar-refractivity contribution is -0.149. The van der Waals surface area contributed by atoms with E-state index in [0.717, 1.165) is 0 Å². The number of amides is 3. The average Bonchev–Trinajstić information content (AvgIpc) is 3.12. The quantitative estimate of drug-likeness (QED) is 0.283. The van der Waals surface area contributed by atoms with Crippen molar-refractivity contribution in [2.75, 3.05) is 30.9 Å². The zero-order valence-electron chi connectivity index (χ0n) is 14.6. The van der Waals surface area contributed by atoms with Gasteiger partial charge in [-0.1, -0.05) is 0 Å². The lowest BCUT2D eigenvalue weighted by atomic mass is 10.1. The number of carbonyl (C=O) groups excluding carboxylic acids is 3. The summed E-state index contributed by atoms with van der Waals surface area (Å²) in [5.74, 6) is -1.86. The summed E-state index contributed by atoms with van der Waals surface area (Å²) in [5.41, 5.74) is 5.23. The van der Waals surface area contributed by atoms with Crippen LogP contribution in [0.25, 0.3) is 0 Å². The van der Waals surface area contributed by atoms with Gasteiger partial charge in [0.25, 0.3) is 0 Å². The van der Waals surface area contributed by atoms with Crippen LogP contribution in [-0.2, 0) is 19.2 Å². The van der Waals surface area contributed by atoms with Gasteiger partial charge in [-0.3, -0.25) is 14.4 Å². The highest BCUT2D eigenvalue weighted by Gasteiger charge is 2.38. The molecule has 148 valence electrons. The molecule has 1 fully saturated rings. The molecule has 0 spiro atoms. The molecule has 1 heterocycles. The zero-order chi connectivity index (χ0) is 19.7. The Labute approximate surface area is 162 Å². The molecular weight excluding hydrogens is 380 g/mol. The molecular formula is C15H26N4O5S2. The van der Waals surface area contributed by atoms with Crippen molar-refractivity contribution in [3.8, 4) is 0 Å². The largest absolute Gasteiger partial charge is 0.480 e. The SMILES string of the molecule is CSCCC(NC(=O)C(CS)NC(=O)CN)C(=O)N1CCCC1C(=O)O. The fourth-order valence-electron chi connectivity index (χ4n) is 2.70. The molecule has 0 radical (unpaired) electrons. The van der Waals surface area contributed by atoms with Gasteiger partial charge in [0.05, 0.1) is 6.54 Å². The van der Waals surface area contributed by atoms with Gasteiger partial charge in [-0.2, -0.15) is 24.4 Å². The van der Waals surface area contributed by atoms with Gasteiger partial charge in [-0.25, -0.2) is 4.79 Å². The number of hydrogen-bond acceptors (Lipinski definition) is 7. The van der Waals surface area contributed by atoms with E-state index in [1.165, 1.54) is 16.7 Å². The summed E-state index contributed by atoms with van der Waals surface area (Å²) in [4.78, 5) is 49.3. The highest BCUT2D eigenvalue weighted by atomic mass is 32.2. The first-order chi connectivity index (χ1) is 12.3. The normalized spacial score (nSPS) is 18.9. The number of carbonyl (C=O) groups is 4. The number of nitrogens with one attached hydrogen (secondary N) is 2. The van der Waals surface area contributed by atoms with Gasteiger partial charge in [0, 0.05) is 12.3 Å². The molecule has 11 heteroatoms. The molecule has 0 aromatic rings. The maximum Gasteiger partial charge on any atom is 0.326 e. The van der Waals surface area contributed by atoms with Crippen LogP contribution in [0.4, 0.5) is 0 Å². The Hall–Kier alpha value is -1.46. The van der Waals surface area contributed by atoms with E-state index in [-0.39, 0.29) is 12.3 Å². The number of thioether (sulfide) groups is 1. The zero-order valence-corrected chi connectivity index (χ0v) is 16.4. The van der Waals surface area contributed by atoms with Crippen LogP contribution in [0, 0.1) is 0 Å². The van der Waals surface area contributed by atoms with Crippen molar-refractivity contribution in [1.29, 1.82) is 0 Å². The van der Waals surface area contributed by atoms with E-state index in [4.69, 9.17) is 5.73 Å². The van der Waals surface area contributed by atoms with Crippen LogP contribution in [0.5, 0.6) is 0 Å². The van der Waals surface area contributed by atoms with Crippen molar-refractivity contribution in [3.05, 3.63) is 0 Å². The van der Waals surface area contributed by atoms with Crippen LogP contribution < -0.4 is 16.4 Å². The van der Waals surface area contributed by atoms with E-state index < -0.39 is 41.8 Å². The first-order valence-electron chi connectivity index (χ1n) is 8.28. The average molecular weight is 407 g/mol. The molecule has 1 saturated heterocycles. The third-order valence-electron chi connectivity index (χ3n) is 4.07. The second kappa shape index (κ2) is 11.3. The molecule has 0 aromatic carbocycles. The van der Waals surface area contributed by atoms with Crippen molar-refractivity contribution in [3.63, 3.8) is 0 Å². The van der Waals surface area contributed by atoms with Gasteiger partial charge in [-0.15, -0.1) is 0 Å². The van der Waals surface area contributed by atoms with Crippen LogP contribution in [0.1, 0.15) is 19.3 Å². The summed E-state index contributed by atoms with van der Waals surface area (Å²) in [6, 6.07) is -2.64. The highest BCUT2D eigenvalue weighted by molar-refractivity contribution is 7.98. The number of carboxylic acid groups (broad SMARTS) is 1. The number of aliphatic carboxylic acids is 1. The van der Waals surface area contributed by atoms with E-state index in [1.54, 1.807) is 0 Å². The second-order valence-electron chi connectivity index (χ2n) is 5.88. The third-order valence-corrected chi connectivity index (χ3v) is 5.07. The number of likely N-dealkylation sites (tertiary alicyclic amines) is 1. The fraction of sp³-hybridized carbons (Fsp3) is 0.733. The number of rotatable bonds is 10. The minimum absolute atomic E-state index is 0.0441. The van der Waals surface area contributed by atoms with Crippen molar-refractivity contribution in [1.82, 2.24) is 15.5 Å². The third kappa shape index (κ3) is 6.36. The molecule has 0 aromatic heterocycles. The number of nitrogens with zero attached hydrogens (tertiary/aromatic N) is 1. The molecule has 5 N–H and O–H groups in total. The molecule has 0 saturated carbocycles. The summed E-state index contributed by atoms with van der Waals surface area (Å²) < 4.78 is 0.